The van der Waals surface area contributed by atoms with Gasteiger partial charge in [0, 0.05) is 24.8 Å². The number of nitrogens with zero attached hydrogens (tertiary/aromatic N) is 1. The lowest BCUT2D eigenvalue weighted by Gasteiger charge is -2.18. The molecule has 0 aromatic heterocycles. The van der Waals surface area contributed by atoms with Crippen LogP contribution in [0.1, 0.15) is 18.9 Å². The smallest absolute Gasteiger partial charge is 0.239 e. The van der Waals surface area contributed by atoms with Crippen molar-refractivity contribution in [2.45, 2.75) is 20.0 Å². The van der Waals surface area contributed by atoms with E-state index in [4.69, 9.17) is 4.74 Å². The summed E-state index contributed by atoms with van der Waals surface area (Å²) in [5, 5.41) is 2.73. The van der Waals surface area contributed by atoms with Crippen LogP contribution >= 0.6 is 0 Å². The fourth-order valence-corrected chi connectivity index (χ4v) is 2.96. The zero-order valence-corrected chi connectivity index (χ0v) is 14.3. The molecule has 5 nitrogen and oxygen atoms in total. The molecule has 0 spiro atoms. The molecule has 25 heavy (non-hydrogen) atoms. The van der Waals surface area contributed by atoms with Crippen LogP contribution in [0.15, 0.2) is 54.6 Å². The van der Waals surface area contributed by atoms with Crippen LogP contribution in [0.3, 0.4) is 0 Å². The van der Waals surface area contributed by atoms with Crippen molar-refractivity contribution < 1.29 is 14.3 Å². The Morgan fingerprint density at radius 2 is 2.00 bits per heavy atom. The lowest BCUT2D eigenvalue weighted by molar-refractivity contribution is -0.132. The molecule has 5 heteroatoms. The van der Waals surface area contributed by atoms with E-state index in [1.54, 1.807) is 4.90 Å². The zero-order valence-electron chi connectivity index (χ0n) is 14.3. The molecule has 0 aliphatic carbocycles. The van der Waals surface area contributed by atoms with Crippen molar-refractivity contribution in [3.05, 3.63) is 60.2 Å². The normalized spacial score (nSPS) is 16.8. The Balaban J connectivity index is 1.67. The summed E-state index contributed by atoms with van der Waals surface area (Å²) in [5.74, 6) is -0.220. The van der Waals surface area contributed by atoms with Gasteiger partial charge in [-0.15, -0.1) is 0 Å². The van der Waals surface area contributed by atoms with Crippen molar-refractivity contribution >= 4 is 17.5 Å². The average molecular weight is 338 g/mol. The fraction of sp³-hybridized carbons (Fsp3) is 0.300. The third kappa shape index (κ3) is 3.99. The van der Waals surface area contributed by atoms with Crippen LogP contribution in [0.4, 0.5) is 5.69 Å². The first-order chi connectivity index (χ1) is 12.2. The maximum Gasteiger partial charge on any atom is 0.239 e. The highest BCUT2D eigenvalue weighted by atomic mass is 16.5. The molecule has 2 aromatic carbocycles. The Hall–Kier alpha value is -2.82. The summed E-state index contributed by atoms with van der Waals surface area (Å²) in [4.78, 5) is 26.2. The van der Waals surface area contributed by atoms with Gasteiger partial charge in [-0.3, -0.25) is 9.59 Å². The fourth-order valence-electron chi connectivity index (χ4n) is 2.96. The molecule has 1 atom stereocenters. The summed E-state index contributed by atoms with van der Waals surface area (Å²) in [6, 6.07) is 17.4. The molecule has 130 valence electrons. The zero-order chi connectivity index (χ0) is 17.6. The summed E-state index contributed by atoms with van der Waals surface area (Å²) in [5.41, 5.74) is 1.85. The minimum atomic E-state index is -0.589. The molecule has 1 N–H and O–H groups in total. The summed E-state index contributed by atoms with van der Waals surface area (Å²) in [6.45, 7) is 3.40. The van der Waals surface area contributed by atoms with Gasteiger partial charge in [-0.05, 0) is 31.0 Å². The largest absolute Gasteiger partial charge is 0.489 e. The van der Waals surface area contributed by atoms with Gasteiger partial charge in [0.2, 0.25) is 11.8 Å². The summed E-state index contributed by atoms with van der Waals surface area (Å²) in [6.07, 6.45) is 0.541. The highest BCUT2D eigenvalue weighted by Crippen LogP contribution is 2.28. The van der Waals surface area contributed by atoms with E-state index >= 15 is 0 Å². The molecule has 0 bridgehead atoms. The highest BCUT2D eigenvalue weighted by Gasteiger charge is 2.37. The number of rotatable bonds is 6. The predicted octanol–water partition coefficient (Wildman–Crippen LogP) is 2.75. The number of ether oxygens (including phenoxy) is 1. The molecular weight excluding hydrogens is 316 g/mol. The van der Waals surface area contributed by atoms with Gasteiger partial charge in [0.05, 0.1) is 0 Å². The lowest BCUT2D eigenvalue weighted by Crippen LogP contribution is -2.36. The molecule has 1 fully saturated rings. The Kier molecular flexibility index (Phi) is 5.33. The first-order valence-electron chi connectivity index (χ1n) is 8.55. The van der Waals surface area contributed by atoms with Crippen LogP contribution in [0.25, 0.3) is 0 Å². The van der Waals surface area contributed by atoms with Gasteiger partial charge in [0.25, 0.3) is 0 Å². The maximum atomic E-state index is 12.5. The Morgan fingerprint density at radius 1 is 1.20 bits per heavy atom. The molecular formula is C20H22N2O3. The van der Waals surface area contributed by atoms with Crippen molar-refractivity contribution in [2.75, 3.05) is 18.0 Å². The summed E-state index contributed by atoms with van der Waals surface area (Å²) < 4.78 is 5.82. The number of hydrogen-bond donors (Lipinski definition) is 1. The van der Waals surface area contributed by atoms with Crippen molar-refractivity contribution in [3.63, 3.8) is 0 Å². The number of carbonyl (C=O) groups is 2. The number of carbonyl (C=O) groups excluding carboxylic acids is 2. The van der Waals surface area contributed by atoms with Gasteiger partial charge in [-0.25, -0.2) is 0 Å². The van der Waals surface area contributed by atoms with Crippen LogP contribution in [0.5, 0.6) is 5.75 Å². The molecule has 0 saturated carbocycles. The number of hydrogen-bond acceptors (Lipinski definition) is 3. The van der Waals surface area contributed by atoms with E-state index in [9.17, 15) is 9.59 Å². The monoisotopic (exact) mass is 338 g/mol. The molecule has 1 saturated heterocycles. The second kappa shape index (κ2) is 7.83. The third-order valence-corrected chi connectivity index (χ3v) is 4.25. The van der Waals surface area contributed by atoms with Crippen molar-refractivity contribution in [2.24, 2.45) is 5.92 Å². The van der Waals surface area contributed by atoms with E-state index in [2.05, 4.69) is 5.32 Å². The van der Waals surface area contributed by atoms with Gasteiger partial charge >= 0.3 is 0 Å². The number of benzene rings is 2. The Bertz CT molecular complexity index is 746. The van der Waals surface area contributed by atoms with E-state index in [-0.39, 0.29) is 11.8 Å². The molecule has 1 aliphatic heterocycles. The SMILES string of the molecule is CCNC(=O)[C@@H]1CCN(c2cccc(OCc3ccccc3)c2)C1=O. The second-order valence-corrected chi connectivity index (χ2v) is 6.00. The number of anilines is 1. The topological polar surface area (TPSA) is 58.6 Å². The standard InChI is InChI=1S/C20H22N2O3/c1-2-21-19(23)18-11-12-22(20(18)24)16-9-6-10-17(13-16)25-14-15-7-4-3-5-8-15/h3-10,13,18H,2,11-12,14H2,1H3,(H,21,23)/t18-/m0/s1. The molecule has 2 amide bonds. The van der Waals surface area contributed by atoms with Gasteiger partial charge in [0.1, 0.15) is 18.3 Å². The quantitative estimate of drug-likeness (QED) is 0.824. The summed E-state index contributed by atoms with van der Waals surface area (Å²) >= 11 is 0. The Labute approximate surface area is 147 Å². The Morgan fingerprint density at radius 3 is 2.76 bits per heavy atom. The van der Waals surface area contributed by atoms with Crippen molar-refractivity contribution in [1.82, 2.24) is 5.32 Å². The predicted molar refractivity (Wildman–Crippen MR) is 96.4 cm³/mol. The minimum Gasteiger partial charge on any atom is -0.489 e. The molecule has 3 rings (SSSR count). The van der Waals surface area contributed by atoms with E-state index in [1.807, 2.05) is 61.5 Å². The van der Waals surface area contributed by atoms with E-state index in [0.29, 0.717) is 31.9 Å². The van der Waals surface area contributed by atoms with E-state index in [0.717, 1.165) is 11.3 Å². The lowest BCUT2D eigenvalue weighted by atomic mass is 10.1. The van der Waals surface area contributed by atoms with Crippen molar-refractivity contribution in [3.8, 4) is 5.75 Å². The second-order valence-electron chi connectivity index (χ2n) is 6.00. The van der Waals surface area contributed by atoms with Crippen molar-refractivity contribution in [1.29, 1.82) is 0 Å². The molecule has 0 radical (unpaired) electrons. The number of amides is 2. The highest BCUT2D eigenvalue weighted by molar-refractivity contribution is 6.09. The van der Waals surface area contributed by atoms with Crippen LogP contribution in [0.2, 0.25) is 0 Å². The molecule has 1 aliphatic rings. The first kappa shape index (κ1) is 17.0. The van der Waals surface area contributed by atoms with Gasteiger partial charge in [-0.2, -0.15) is 0 Å². The maximum absolute atomic E-state index is 12.5. The van der Waals surface area contributed by atoms with Crippen LogP contribution in [-0.2, 0) is 16.2 Å². The van der Waals surface area contributed by atoms with E-state index in [1.165, 1.54) is 0 Å². The average Bonchev–Trinajstić information content (AvgIpc) is 3.03. The minimum absolute atomic E-state index is 0.147. The van der Waals surface area contributed by atoms with Gasteiger partial charge in [0.15, 0.2) is 0 Å². The van der Waals surface area contributed by atoms with Crippen LogP contribution in [-0.4, -0.2) is 24.9 Å². The van der Waals surface area contributed by atoms with Crippen LogP contribution in [0, 0.1) is 5.92 Å². The first-order valence-corrected chi connectivity index (χ1v) is 8.55. The van der Waals surface area contributed by atoms with Crippen LogP contribution < -0.4 is 15.0 Å². The number of nitrogens with one attached hydrogen (secondary N) is 1. The third-order valence-electron chi connectivity index (χ3n) is 4.25. The molecule has 1 heterocycles. The van der Waals surface area contributed by atoms with Gasteiger partial charge in [-0.1, -0.05) is 36.4 Å². The van der Waals surface area contributed by atoms with E-state index < -0.39 is 5.92 Å². The molecule has 2 aromatic rings. The van der Waals surface area contributed by atoms with Gasteiger partial charge < -0.3 is 15.0 Å². The summed E-state index contributed by atoms with van der Waals surface area (Å²) in [7, 11) is 0. The molecule has 0 unspecified atom stereocenters.